The van der Waals surface area contributed by atoms with Crippen molar-refractivity contribution in [3.05, 3.63) is 162 Å². The summed E-state index contributed by atoms with van der Waals surface area (Å²) in [7, 11) is 0. The van der Waals surface area contributed by atoms with Gasteiger partial charge in [-0.05, 0) is 36.7 Å². The molecule has 0 radical (unpaired) electrons. The molecule has 2 aromatic heterocycles. The number of carbonyl (C=O) groups is 1. The van der Waals surface area contributed by atoms with Crippen molar-refractivity contribution >= 4 is 34.0 Å². The third-order valence-electron chi connectivity index (χ3n) is 8.35. The van der Waals surface area contributed by atoms with Gasteiger partial charge in [-0.15, -0.1) is 0 Å². The number of hydrogen-bond acceptors (Lipinski definition) is 2. The van der Waals surface area contributed by atoms with Crippen LogP contribution in [0.4, 0.5) is 0 Å². The number of rotatable bonds is 13. The Labute approximate surface area is 269 Å². The summed E-state index contributed by atoms with van der Waals surface area (Å²) in [5.41, 5.74) is 6.42. The zero-order chi connectivity index (χ0) is 30.9. The second-order valence-corrected chi connectivity index (χ2v) is 11.7. The molecule has 0 amide bonds. The van der Waals surface area contributed by atoms with Gasteiger partial charge >= 0.3 is 0 Å². The van der Waals surface area contributed by atoms with Crippen molar-refractivity contribution in [2.24, 2.45) is 0 Å². The summed E-state index contributed by atoms with van der Waals surface area (Å²) in [6, 6.07) is 40.1. The average molecular weight is 613 g/mol. The number of para-hydroxylation sites is 1. The first-order valence-electron chi connectivity index (χ1n) is 15.5. The molecule has 6 rings (SSSR count). The van der Waals surface area contributed by atoms with E-state index >= 15 is 0 Å². The molecule has 4 N–H and O–H groups in total. The summed E-state index contributed by atoms with van der Waals surface area (Å²) < 4.78 is 2.30. The van der Waals surface area contributed by atoms with E-state index in [0.29, 0.717) is 24.5 Å². The molecule has 0 aliphatic rings. The number of nitrogens with one attached hydrogen (secondary N) is 4. The Kier molecular flexibility index (Phi) is 9.47. The summed E-state index contributed by atoms with van der Waals surface area (Å²) in [6.45, 7) is 0.931. The van der Waals surface area contributed by atoms with Crippen molar-refractivity contribution in [2.45, 2.75) is 31.2 Å². The number of aromatic nitrogens is 3. The van der Waals surface area contributed by atoms with Gasteiger partial charge < -0.3 is 15.6 Å². The maximum atomic E-state index is 12.5. The van der Waals surface area contributed by atoms with Crippen LogP contribution in [0.1, 0.15) is 40.8 Å². The Bertz CT molecular complexity index is 1750. The molecule has 0 saturated carbocycles. The molecule has 0 saturated heterocycles. The molecular formula is C38H38N5OS+. The van der Waals surface area contributed by atoms with Crippen molar-refractivity contribution in [3.63, 3.8) is 0 Å². The van der Waals surface area contributed by atoms with E-state index in [1.165, 1.54) is 27.6 Å². The maximum absolute atomic E-state index is 12.5. The molecule has 0 aliphatic carbocycles. The lowest BCUT2D eigenvalue weighted by Gasteiger charge is -2.32. The third-order valence-corrected chi connectivity index (χ3v) is 8.64. The van der Waals surface area contributed by atoms with Crippen molar-refractivity contribution in [3.8, 4) is 0 Å². The predicted molar refractivity (Wildman–Crippen MR) is 184 cm³/mol. The third kappa shape index (κ3) is 6.74. The van der Waals surface area contributed by atoms with Crippen LogP contribution in [0.2, 0.25) is 0 Å². The highest BCUT2D eigenvalue weighted by Gasteiger charge is 2.43. The summed E-state index contributed by atoms with van der Waals surface area (Å²) in [5, 5.41) is 8.02. The first-order valence-corrected chi connectivity index (χ1v) is 15.9. The molecule has 45 heavy (non-hydrogen) atoms. The number of nitrogens with zero attached hydrogens (tertiary/aromatic N) is 1. The smallest absolute Gasteiger partial charge is 0.243 e. The van der Waals surface area contributed by atoms with Crippen LogP contribution in [0.3, 0.4) is 0 Å². The van der Waals surface area contributed by atoms with Crippen LogP contribution in [0, 0.1) is 0 Å². The topological polar surface area (TPSA) is 76.6 Å². The van der Waals surface area contributed by atoms with Crippen molar-refractivity contribution < 1.29 is 9.36 Å². The number of thiocarbonyl (C=S) groups is 1. The Morgan fingerprint density at radius 3 is 1.98 bits per heavy atom. The van der Waals surface area contributed by atoms with E-state index in [9.17, 15) is 4.79 Å². The summed E-state index contributed by atoms with van der Waals surface area (Å²) in [5.74, 6) is 0.138. The zero-order valence-corrected chi connectivity index (χ0v) is 26.0. The molecular weight excluding hydrogens is 575 g/mol. The molecule has 2 heterocycles. The van der Waals surface area contributed by atoms with E-state index in [0.717, 1.165) is 24.1 Å². The van der Waals surface area contributed by atoms with Gasteiger partial charge in [-0.2, -0.15) is 0 Å². The van der Waals surface area contributed by atoms with E-state index in [4.69, 9.17) is 12.2 Å². The first kappa shape index (κ1) is 30.0. The van der Waals surface area contributed by atoms with Gasteiger partial charge in [0.25, 0.3) is 0 Å². The van der Waals surface area contributed by atoms with Crippen molar-refractivity contribution in [2.75, 3.05) is 13.1 Å². The Hall–Kier alpha value is -5.01. The molecule has 0 atom stereocenters. The van der Waals surface area contributed by atoms with Gasteiger partial charge in [-0.1, -0.05) is 109 Å². The minimum absolute atomic E-state index is 0.138. The van der Waals surface area contributed by atoms with Gasteiger partial charge in [-0.3, -0.25) is 4.79 Å². The zero-order valence-electron chi connectivity index (χ0n) is 25.2. The maximum Gasteiger partial charge on any atom is 0.243 e. The number of ketones is 1. The molecule has 0 fully saturated rings. The van der Waals surface area contributed by atoms with Crippen LogP contribution in [0.15, 0.2) is 134 Å². The van der Waals surface area contributed by atoms with Gasteiger partial charge in [0.15, 0.2) is 16.4 Å². The number of aryl methyl sites for hydroxylation is 2. The van der Waals surface area contributed by atoms with Gasteiger partial charge in [-0.25, -0.2) is 9.55 Å². The standard InChI is InChI=1S/C38H37N5OS/c44-34(23-22-29-25-40-36-21-11-10-20-35(29)36)26-41-37(45)39-24-12-19-33-27-43(28-42-33)38(30-13-4-1-5-14-30,31-15-6-2-7-16-31)32-17-8-3-9-18-32/h1-11,13-18,20-21,25,27-28,40H,12,19,22-24,26H2,(H2,39,41,45)/p+1. The second-order valence-electron chi connectivity index (χ2n) is 11.3. The van der Waals surface area contributed by atoms with Crippen molar-refractivity contribution in [1.29, 1.82) is 0 Å². The van der Waals surface area contributed by atoms with Gasteiger partial charge in [0.2, 0.25) is 6.33 Å². The lowest BCUT2D eigenvalue weighted by molar-refractivity contribution is -0.733. The highest BCUT2D eigenvalue weighted by atomic mass is 32.1. The molecule has 6 nitrogen and oxygen atoms in total. The number of aromatic amines is 2. The number of H-pyrrole nitrogens is 2. The quantitative estimate of drug-likeness (QED) is 0.0541. The number of carbonyl (C=O) groups excluding carboxylic acids is 1. The fourth-order valence-electron chi connectivity index (χ4n) is 6.13. The lowest BCUT2D eigenvalue weighted by Crippen LogP contribution is -2.57. The van der Waals surface area contributed by atoms with E-state index < -0.39 is 5.54 Å². The molecule has 226 valence electrons. The minimum atomic E-state index is -0.539. The molecule has 6 aromatic rings. The molecule has 4 aromatic carbocycles. The number of benzene rings is 4. The average Bonchev–Trinajstić information content (AvgIpc) is 3.74. The fraction of sp³-hybridized carbons (Fsp3) is 0.184. The number of hydrogen-bond donors (Lipinski definition) is 4. The van der Waals surface area contributed by atoms with Crippen LogP contribution in [0.5, 0.6) is 0 Å². The predicted octanol–water partition coefficient (Wildman–Crippen LogP) is 6.22. The SMILES string of the molecule is O=C(CCc1c[nH]c2ccccc12)CNC(=S)NCCCc1c[n+](C(c2ccccc2)(c2ccccc2)c2ccccc2)c[nH]1. The summed E-state index contributed by atoms with van der Waals surface area (Å²) in [6.07, 6.45) is 9.20. The highest BCUT2D eigenvalue weighted by Crippen LogP contribution is 2.36. The second kappa shape index (κ2) is 14.2. The van der Waals surface area contributed by atoms with Gasteiger partial charge in [0.05, 0.1) is 6.54 Å². The highest BCUT2D eigenvalue weighted by molar-refractivity contribution is 7.80. The normalized spacial score (nSPS) is 11.4. The van der Waals surface area contributed by atoms with Crippen LogP contribution in [-0.2, 0) is 23.2 Å². The molecule has 0 unspecified atom stereocenters. The summed E-state index contributed by atoms with van der Waals surface area (Å²) >= 11 is 5.45. The molecule has 0 spiro atoms. The van der Waals surface area contributed by atoms with E-state index in [1.54, 1.807) is 0 Å². The van der Waals surface area contributed by atoms with Crippen LogP contribution in [-0.4, -0.2) is 34.0 Å². The van der Waals surface area contributed by atoms with Crippen LogP contribution in [0.25, 0.3) is 10.9 Å². The molecule has 0 bridgehead atoms. The number of fused-ring (bicyclic) bond motifs is 1. The van der Waals surface area contributed by atoms with Gasteiger partial charge in [0.1, 0.15) is 11.9 Å². The monoisotopic (exact) mass is 612 g/mol. The van der Waals surface area contributed by atoms with E-state index in [1.807, 2.05) is 24.4 Å². The lowest BCUT2D eigenvalue weighted by atomic mass is 9.77. The molecule has 0 aliphatic heterocycles. The first-order chi connectivity index (χ1) is 22.1. The minimum Gasteiger partial charge on any atom is -0.363 e. The fourth-order valence-corrected chi connectivity index (χ4v) is 6.31. The number of Topliss-reactive ketones (excluding diaryl/α,β-unsaturated/α-hetero) is 1. The largest absolute Gasteiger partial charge is 0.363 e. The molecule has 7 heteroatoms. The number of imidazole rings is 1. The summed E-state index contributed by atoms with van der Waals surface area (Å²) in [4.78, 5) is 19.3. The van der Waals surface area contributed by atoms with Gasteiger partial charge in [0, 0.05) is 53.2 Å². The Morgan fingerprint density at radius 2 is 1.33 bits per heavy atom. The van der Waals surface area contributed by atoms with E-state index in [-0.39, 0.29) is 12.3 Å². The van der Waals surface area contributed by atoms with Crippen LogP contribution < -0.4 is 15.2 Å². The van der Waals surface area contributed by atoms with Crippen molar-refractivity contribution in [1.82, 2.24) is 20.6 Å². The van der Waals surface area contributed by atoms with Crippen LogP contribution >= 0.6 is 12.2 Å². The Morgan fingerprint density at radius 1 is 0.733 bits per heavy atom. The van der Waals surface area contributed by atoms with E-state index in [2.05, 4.69) is 135 Å². The Balaban J connectivity index is 1.05.